The minimum Gasteiger partial charge on any atom is -0.456 e. The molecule has 0 aliphatic heterocycles. The SMILES string of the molecule is CCc1ccc(C(=O)COC(=O)[C@@H](NC(=O)C2CCC(C)CC2)C(C)C)cc1. The number of rotatable bonds is 8. The zero-order chi connectivity index (χ0) is 20.7. The second-order valence-corrected chi connectivity index (χ2v) is 8.27. The lowest BCUT2D eigenvalue weighted by atomic mass is 9.82. The van der Waals surface area contributed by atoms with Crippen molar-refractivity contribution in [2.24, 2.45) is 17.8 Å². The summed E-state index contributed by atoms with van der Waals surface area (Å²) in [6.45, 7) is 7.66. The summed E-state index contributed by atoms with van der Waals surface area (Å²) >= 11 is 0. The monoisotopic (exact) mass is 387 g/mol. The van der Waals surface area contributed by atoms with Crippen molar-refractivity contribution in [2.45, 2.75) is 65.8 Å². The van der Waals surface area contributed by atoms with E-state index in [-0.39, 0.29) is 30.1 Å². The molecule has 0 unspecified atom stereocenters. The van der Waals surface area contributed by atoms with Crippen molar-refractivity contribution in [1.29, 1.82) is 0 Å². The van der Waals surface area contributed by atoms with Gasteiger partial charge < -0.3 is 10.1 Å². The van der Waals surface area contributed by atoms with Gasteiger partial charge in [0.05, 0.1) is 0 Å². The minimum absolute atomic E-state index is 0.0380. The lowest BCUT2D eigenvalue weighted by Crippen LogP contribution is -2.48. The number of hydrogen-bond donors (Lipinski definition) is 1. The number of hydrogen-bond acceptors (Lipinski definition) is 4. The Kier molecular flexibility index (Phi) is 8.21. The van der Waals surface area contributed by atoms with E-state index in [1.165, 1.54) is 0 Å². The number of amides is 1. The standard InChI is InChI=1S/C23H33NO4/c1-5-17-8-12-18(13-9-17)20(25)14-28-23(27)21(15(2)3)24-22(26)19-10-6-16(4)7-11-19/h8-9,12-13,15-16,19,21H,5-7,10-11,14H2,1-4H3,(H,24,26)/t16?,19?,21-/m0/s1. The quantitative estimate of drug-likeness (QED) is 0.542. The van der Waals surface area contributed by atoms with Gasteiger partial charge in [-0.05, 0) is 49.5 Å². The van der Waals surface area contributed by atoms with Crippen LogP contribution in [0.4, 0.5) is 0 Å². The molecule has 0 bridgehead atoms. The normalized spacial score (nSPS) is 20.5. The van der Waals surface area contributed by atoms with Crippen molar-refractivity contribution in [3.05, 3.63) is 35.4 Å². The second-order valence-electron chi connectivity index (χ2n) is 8.27. The molecule has 0 heterocycles. The van der Waals surface area contributed by atoms with Crippen LogP contribution in [0.2, 0.25) is 0 Å². The van der Waals surface area contributed by atoms with Crippen molar-refractivity contribution >= 4 is 17.7 Å². The predicted molar refractivity (Wildman–Crippen MR) is 109 cm³/mol. The molecule has 0 radical (unpaired) electrons. The molecular formula is C23H33NO4. The third kappa shape index (κ3) is 6.18. The topological polar surface area (TPSA) is 72.5 Å². The summed E-state index contributed by atoms with van der Waals surface area (Å²) in [5.74, 6) is -0.365. The van der Waals surface area contributed by atoms with Crippen LogP contribution in [0.15, 0.2) is 24.3 Å². The first-order valence-electron chi connectivity index (χ1n) is 10.4. The molecule has 1 atom stereocenters. The van der Waals surface area contributed by atoms with E-state index in [1.54, 1.807) is 12.1 Å². The summed E-state index contributed by atoms with van der Waals surface area (Å²) < 4.78 is 5.24. The zero-order valence-corrected chi connectivity index (χ0v) is 17.5. The average Bonchev–Trinajstić information content (AvgIpc) is 2.70. The van der Waals surface area contributed by atoms with Gasteiger partial charge in [0.1, 0.15) is 6.04 Å². The van der Waals surface area contributed by atoms with Crippen LogP contribution in [0.25, 0.3) is 0 Å². The first kappa shape index (κ1) is 22.1. The number of carbonyl (C=O) groups is 3. The van der Waals surface area contributed by atoms with E-state index in [0.29, 0.717) is 11.5 Å². The lowest BCUT2D eigenvalue weighted by molar-refractivity contribution is -0.148. The van der Waals surface area contributed by atoms with Gasteiger partial charge in [0, 0.05) is 11.5 Å². The van der Waals surface area contributed by atoms with E-state index in [9.17, 15) is 14.4 Å². The fourth-order valence-corrected chi connectivity index (χ4v) is 3.53. The van der Waals surface area contributed by atoms with Crippen molar-refractivity contribution in [3.8, 4) is 0 Å². The van der Waals surface area contributed by atoms with Gasteiger partial charge >= 0.3 is 5.97 Å². The maximum atomic E-state index is 12.6. The van der Waals surface area contributed by atoms with Crippen LogP contribution in [-0.2, 0) is 20.7 Å². The summed E-state index contributed by atoms with van der Waals surface area (Å²) in [6.07, 6.45) is 4.71. The van der Waals surface area contributed by atoms with Gasteiger partial charge in [-0.15, -0.1) is 0 Å². The van der Waals surface area contributed by atoms with Crippen molar-refractivity contribution < 1.29 is 19.1 Å². The maximum absolute atomic E-state index is 12.6. The number of benzene rings is 1. The van der Waals surface area contributed by atoms with E-state index in [2.05, 4.69) is 12.2 Å². The Morgan fingerprint density at radius 1 is 1.07 bits per heavy atom. The third-order valence-electron chi connectivity index (χ3n) is 5.63. The number of esters is 1. The molecule has 0 aromatic heterocycles. The predicted octanol–water partition coefficient (Wildman–Crippen LogP) is 3.94. The number of ketones is 1. The molecule has 154 valence electrons. The van der Waals surface area contributed by atoms with Gasteiger partial charge in [0.25, 0.3) is 0 Å². The van der Waals surface area contributed by atoms with E-state index >= 15 is 0 Å². The Labute approximate surface area is 168 Å². The molecule has 2 rings (SSSR count). The van der Waals surface area contributed by atoms with Crippen LogP contribution in [0.3, 0.4) is 0 Å². The van der Waals surface area contributed by atoms with Crippen LogP contribution in [0.5, 0.6) is 0 Å². The smallest absolute Gasteiger partial charge is 0.329 e. The molecule has 0 saturated heterocycles. The van der Waals surface area contributed by atoms with Crippen LogP contribution in [-0.4, -0.2) is 30.3 Å². The fourth-order valence-electron chi connectivity index (χ4n) is 3.53. The summed E-state index contributed by atoms with van der Waals surface area (Å²) in [5, 5.41) is 2.85. The highest BCUT2D eigenvalue weighted by Crippen LogP contribution is 2.28. The Morgan fingerprint density at radius 2 is 1.68 bits per heavy atom. The first-order valence-corrected chi connectivity index (χ1v) is 10.4. The number of Topliss-reactive ketones (excluding diaryl/α,β-unsaturated/α-hetero) is 1. The number of ether oxygens (including phenoxy) is 1. The molecular weight excluding hydrogens is 354 g/mol. The summed E-state index contributed by atoms with van der Waals surface area (Å²) in [6, 6.07) is 6.57. The van der Waals surface area contributed by atoms with Gasteiger partial charge in [0.2, 0.25) is 5.91 Å². The van der Waals surface area contributed by atoms with Crippen LogP contribution in [0.1, 0.15) is 69.3 Å². The van der Waals surface area contributed by atoms with Gasteiger partial charge in [-0.1, -0.05) is 52.0 Å². The molecule has 1 saturated carbocycles. The number of carbonyl (C=O) groups excluding carboxylic acids is 3. The van der Waals surface area contributed by atoms with E-state index in [4.69, 9.17) is 4.74 Å². The number of nitrogens with one attached hydrogen (secondary N) is 1. The first-order chi connectivity index (χ1) is 13.3. The third-order valence-corrected chi connectivity index (χ3v) is 5.63. The molecule has 1 fully saturated rings. The molecule has 5 heteroatoms. The molecule has 1 aliphatic carbocycles. The maximum Gasteiger partial charge on any atom is 0.329 e. The highest BCUT2D eigenvalue weighted by atomic mass is 16.5. The second kappa shape index (κ2) is 10.4. The average molecular weight is 388 g/mol. The van der Waals surface area contributed by atoms with Crippen LogP contribution in [0, 0.1) is 17.8 Å². The highest BCUT2D eigenvalue weighted by molar-refractivity contribution is 5.98. The highest BCUT2D eigenvalue weighted by Gasteiger charge is 2.31. The number of aryl methyl sites for hydroxylation is 1. The molecule has 1 N–H and O–H groups in total. The Morgan fingerprint density at radius 3 is 2.21 bits per heavy atom. The molecule has 1 aromatic rings. The molecule has 1 aliphatic rings. The summed E-state index contributed by atoms with van der Waals surface area (Å²) in [7, 11) is 0. The Balaban J connectivity index is 1.89. The lowest BCUT2D eigenvalue weighted by Gasteiger charge is -2.28. The fraction of sp³-hybridized carbons (Fsp3) is 0.609. The van der Waals surface area contributed by atoms with Crippen molar-refractivity contribution in [1.82, 2.24) is 5.32 Å². The van der Waals surface area contributed by atoms with Crippen molar-refractivity contribution in [3.63, 3.8) is 0 Å². The van der Waals surface area contributed by atoms with E-state index in [0.717, 1.165) is 37.7 Å². The van der Waals surface area contributed by atoms with Gasteiger partial charge in [-0.2, -0.15) is 0 Å². The van der Waals surface area contributed by atoms with Crippen LogP contribution >= 0.6 is 0 Å². The Hall–Kier alpha value is -2.17. The van der Waals surface area contributed by atoms with Gasteiger partial charge in [-0.25, -0.2) is 4.79 Å². The van der Waals surface area contributed by atoms with E-state index < -0.39 is 12.0 Å². The van der Waals surface area contributed by atoms with Gasteiger partial charge in [-0.3, -0.25) is 9.59 Å². The zero-order valence-electron chi connectivity index (χ0n) is 17.5. The summed E-state index contributed by atoms with van der Waals surface area (Å²) in [4.78, 5) is 37.3. The van der Waals surface area contributed by atoms with Crippen molar-refractivity contribution in [2.75, 3.05) is 6.61 Å². The van der Waals surface area contributed by atoms with E-state index in [1.807, 2.05) is 32.9 Å². The van der Waals surface area contributed by atoms with Crippen LogP contribution < -0.4 is 5.32 Å². The minimum atomic E-state index is -0.734. The molecule has 28 heavy (non-hydrogen) atoms. The van der Waals surface area contributed by atoms with Gasteiger partial charge in [0.15, 0.2) is 12.4 Å². The molecule has 1 aromatic carbocycles. The summed E-state index contributed by atoms with van der Waals surface area (Å²) in [5.41, 5.74) is 1.67. The molecule has 1 amide bonds. The Bertz CT molecular complexity index is 672. The molecule has 5 nitrogen and oxygen atoms in total. The molecule has 0 spiro atoms. The largest absolute Gasteiger partial charge is 0.456 e.